The summed E-state index contributed by atoms with van der Waals surface area (Å²) in [7, 11) is 3.91. The van der Waals surface area contributed by atoms with Crippen LogP contribution in [-0.2, 0) is 0 Å². The molecule has 1 aliphatic rings. The minimum Gasteiger partial charge on any atom is -0.492 e. The lowest BCUT2D eigenvalue weighted by atomic mass is 9.95. The number of hydrogen-bond acceptors (Lipinski definition) is 5. The number of likely N-dealkylation sites (N-methyl/N-ethyl adjacent to an activating group) is 1. The van der Waals surface area contributed by atoms with Crippen molar-refractivity contribution in [2.75, 3.05) is 27.2 Å². The lowest BCUT2D eigenvalue weighted by molar-refractivity contribution is 0.106. The van der Waals surface area contributed by atoms with Gasteiger partial charge in [-0.05, 0) is 37.9 Å². The van der Waals surface area contributed by atoms with Crippen LogP contribution in [0.15, 0.2) is 29.4 Å². The molecule has 1 aromatic rings. The number of carbonyl (C=O) groups is 2. The van der Waals surface area contributed by atoms with Crippen LogP contribution >= 0.6 is 0 Å². The average molecular weight is 302 g/mol. The Morgan fingerprint density at radius 3 is 2.82 bits per heavy atom. The van der Waals surface area contributed by atoms with Crippen LogP contribution in [0.4, 0.5) is 4.79 Å². The fourth-order valence-electron chi connectivity index (χ4n) is 1.90. The first-order valence-electron chi connectivity index (χ1n) is 6.75. The maximum atomic E-state index is 12.3. The molecule has 7 heteroatoms. The first-order chi connectivity index (χ1) is 10.5. The zero-order valence-corrected chi connectivity index (χ0v) is 12.5. The Morgan fingerprint density at radius 1 is 1.36 bits per heavy atom. The van der Waals surface area contributed by atoms with Crippen LogP contribution in [0, 0.1) is 0 Å². The van der Waals surface area contributed by atoms with E-state index in [9.17, 15) is 9.59 Å². The molecular weight excluding hydrogens is 284 g/mol. The van der Waals surface area contributed by atoms with Crippen molar-refractivity contribution >= 4 is 23.6 Å². The summed E-state index contributed by atoms with van der Waals surface area (Å²) in [6, 6.07) is 4.49. The SMILES string of the molecule is CN(C)CCOc1ccc2c(c1)C(=O)C(=NNC(N)=O)C=C2. The number of primary amides is 1. The Morgan fingerprint density at radius 2 is 2.14 bits per heavy atom. The van der Waals surface area contributed by atoms with Crippen LogP contribution in [0.5, 0.6) is 5.75 Å². The van der Waals surface area contributed by atoms with E-state index >= 15 is 0 Å². The zero-order valence-electron chi connectivity index (χ0n) is 12.5. The molecule has 0 aliphatic heterocycles. The number of ketones is 1. The highest BCUT2D eigenvalue weighted by molar-refractivity contribution is 6.52. The number of hydrogen-bond donors (Lipinski definition) is 2. The number of ether oxygens (including phenoxy) is 1. The molecule has 3 N–H and O–H groups in total. The molecule has 0 saturated carbocycles. The van der Waals surface area contributed by atoms with Crippen LogP contribution in [0.2, 0.25) is 0 Å². The summed E-state index contributed by atoms with van der Waals surface area (Å²) in [6.45, 7) is 1.31. The summed E-state index contributed by atoms with van der Waals surface area (Å²) < 4.78 is 5.62. The van der Waals surface area contributed by atoms with Crippen molar-refractivity contribution in [2.24, 2.45) is 10.8 Å². The second-order valence-corrected chi connectivity index (χ2v) is 5.04. The number of nitrogens with zero attached hydrogens (tertiary/aromatic N) is 2. The molecule has 7 nitrogen and oxygen atoms in total. The van der Waals surface area contributed by atoms with Crippen LogP contribution in [0.3, 0.4) is 0 Å². The maximum Gasteiger partial charge on any atom is 0.332 e. The van der Waals surface area contributed by atoms with Crippen molar-refractivity contribution in [3.63, 3.8) is 0 Å². The Hall–Kier alpha value is -2.67. The summed E-state index contributed by atoms with van der Waals surface area (Å²) >= 11 is 0. The van der Waals surface area contributed by atoms with Gasteiger partial charge in [-0.25, -0.2) is 10.2 Å². The predicted molar refractivity (Wildman–Crippen MR) is 84.0 cm³/mol. The molecule has 2 amide bonds. The number of fused-ring (bicyclic) bond motifs is 1. The Bertz CT molecular complexity index is 650. The standard InChI is InChI=1S/C15H18N4O3/c1-19(2)7-8-22-11-5-3-10-4-6-13(17-18-15(16)21)14(20)12(10)9-11/h3-6,9H,7-8H2,1-2H3,(H3,16,18,21). The number of hydrazone groups is 1. The second-order valence-electron chi connectivity index (χ2n) is 5.04. The third-order valence-corrected chi connectivity index (χ3v) is 3.02. The van der Waals surface area contributed by atoms with Crippen LogP contribution in [0.1, 0.15) is 15.9 Å². The Labute approximate surface area is 128 Å². The molecule has 0 spiro atoms. The summed E-state index contributed by atoms with van der Waals surface area (Å²) in [5.41, 5.74) is 8.38. The number of Topliss-reactive ketones (excluding diaryl/α,β-unsaturated/α-hetero) is 1. The predicted octanol–water partition coefficient (Wildman–Crippen LogP) is 0.861. The monoisotopic (exact) mass is 302 g/mol. The van der Waals surface area contributed by atoms with Gasteiger partial charge in [-0.3, -0.25) is 4.79 Å². The molecule has 0 aromatic heterocycles. The van der Waals surface area contributed by atoms with Gasteiger partial charge in [-0.1, -0.05) is 12.1 Å². The fraction of sp³-hybridized carbons (Fsp3) is 0.267. The molecule has 0 unspecified atom stereocenters. The third-order valence-electron chi connectivity index (χ3n) is 3.02. The molecule has 0 heterocycles. The lowest BCUT2D eigenvalue weighted by Crippen LogP contribution is -2.28. The number of rotatable bonds is 5. The molecule has 2 rings (SSSR count). The first-order valence-corrected chi connectivity index (χ1v) is 6.75. The van der Waals surface area contributed by atoms with Gasteiger partial charge in [-0.2, -0.15) is 5.10 Å². The summed E-state index contributed by atoms with van der Waals surface area (Å²) in [5.74, 6) is 0.329. The van der Waals surface area contributed by atoms with Gasteiger partial charge in [-0.15, -0.1) is 0 Å². The van der Waals surface area contributed by atoms with Gasteiger partial charge in [0.2, 0.25) is 5.78 Å². The van der Waals surface area contributed by atoms with Crippen molar-refractivity contribution < 1.29 is 14.3 Å². The summed E-state index contributed by atoms with van der Waals surface area (Å²) in [4.78, 5) is 25.0. The molecule has 1 aromatic carbocycles. The zero-order chi connectivity index (χ0) is 16.1. The van der Waals surface area contributed by atoms with Crippen molar-refractivity contribution in [3.8, 4) is 5.75 Å². The van der Waals surface area contributed by atoms with Crippen molar-refractivity contribution in [1.29, 1.82) is 0 Å². The van der Waals surface area contributed by atoms with E-state index in [1.54, 1.807) is 12.1 Å². The molecule has 0 fully saturated rings. The molecule has 0 bridgehead atoms. The van der Waals surface area contributed by atoms with Gasteiger partial charge < -0.3 is 15.4 Å². The van der Waals surface area contributed by atoms with Crippen molar-refractivity contribution in [3.05, 3.63) is 35.4 Å². The van der Waals surface area contributed by atoms with E-state index in [1.165, 1.54) is 6.08 Å². The Kier molecular flexibility index (Phi) is 4.90. The maximum absolute atomic E-state index is 12.3. The topological polar surface area (TPSA) is 97.0 Å². The van der Waals surface area contributed by atoms with Crippen molar-refractivity contribution in [2.45, 2.75) is 0 Å². The normalized spacial score (nSPS) is 15.0. The van der Waals surface area contributed by atoms with Gasteiger partial charge in [0.25, 0.3) is 0 Å². The highest BCUT2D eigenvalue weighted by atomic mass is 16.5. The fourth-order valence-corrected chi connectivity index (χ4v) is 1.90. The van der Waals surface area contributed by atoms with Crippen LogP contribution in [-0.4, -0.2) is 49.7 Å². The highest BCUT2D eigenvalue weighted by Crippen LogP contribution is 2.23. The van der Waals surface area contributed by atoms with Crippen LogP contribution < -0.4 is 15.9 Å². The molecular formula is C15H18N4O3. The third kappa shape index (κ3) is 3.92. The minimum absolute atomic E-state index is 0.122. The number of allylic oxidation sites excluding steroid dienone is 1. The molecule has 0 radical (unpaired) electrons. The van der Waals surface area contributed by atoms with E-state index in [0.29, 0.717) is 17.9 Å². The van der Waals surface area contributed by atoms with Gasteiger partial charge in [0.05, 0.1) is 0 Å². The van der Waals surface area contributed by atoms with Gasteiger partial charge in [0.15, 0.2) is 0 Å². The molecule has 22 heavy (non-hydrogen) atoms. The van der Waals surface area contributed by atoms with E-state index < -0.39 is 6.03 Å². The average Bonchev–Trinajstić information content (AvgIpc) is 2.46. The molecule has 0 atom stereocenters. The quantitative estimate of drug-likeness (QED) is 0.788. The number of amides is 2. The van der Waals surface area contributed by atoms with E-state index in [1.807, 2.05) is 31.1 Å². The number of nitrogens with two attached hydrogens (primary N) is 1. The second kappa shape index (κ2) is 6.86. The minimum atomic E-state index is -0.819. The summed E-state index contributed by atoms with van der Waals surface area (Å²) in [5, 5.41) is 3.69. The number of nitrogens with one attached hydrogen (secondary N) is 1. The number of carbonyl (C=O) groups excluding carboxylic acids is 2. The van der Waals surface area contributed by atoms with E-state index in [-0.39, 0.29) is 11.5 Å². The van der Waals surface area contributed by atoms with E-state index in [2.05, 4.69) is 10.5 Å². The molecule has 116 valence electrons. The Balaban J connectivity index is 2.16. The van der Waals surface area contributed by atoms with Gasteiger partial charge in [0.1, 0.15) is 18.1 Å². The lowest BCUT2D eigenvalue weighted by Gasteiger charge is -2.14. The molecule has 0 saturated heterocycles. The smallest absolute Gasteiger partial charge is 0.332 e. The highest BCUT2D eigenvalue weighted by Gasteiger charge is 2.20. The van der Waals surface area contributed by atoms with Crippen LogP contribution in [0.25, 0.3) is 6.08 Å². The molecule has 1 aliphatic carbocycles. The first kappa shape index (κ1) is 15.7. The summed E-state index contributed by atoms with van der Waals surface area (Å²) in [6.07, 6.45) is 3.29. The van der Waals surface area contributed by atoms with Gasteiger partial charge in [0, 0.05) is 12.1 Å². The number of urea groups is 1. The largest absolute Gasteiger partial charge is 0.492 e. The van der Waals surface area contributed by atoms with Gasteiger partial charge >= 0.3 is 6.03 Å². The van der Waals surface area contributed by atoms with E-state index in [0.717, 1.165) is 12.1 Å². The van der Waals surface area contributed by atoms with E-state index in [4.69, 9.17) is 10.5 Å². The van der Waals surface area contributed by atoms with Crippen molar-refractivity contribution in [1.82, 2.24) is 10.3 Å². The number of benzene rings is 1.